The summed E-state index contributed by atoms with van der Waals surface area (Å²) in [6, 6.07) is 12.9. The number of aromatic nitrogens is 3. The fourth-order valence-electron chi connectivity index (χ4n) is 2.96. The SMILES string of the molecule is Cc1cc(C(=O)Nc2ccc3c(c2)OCO3)nc2cc(-c3cccs3)nn12. The van der Waals surface area contributed by atoms with Crippen LogP contribution in [0, 0.1) is 6.92 Å². The van der Waals surface area contributed by atoms with Crippen molar-refractivity contribution in [2.75, 3.05) is 12.1 Å². The highest BCUT2D eigenvalue weighted by Crippen LogP contribution is 2.34. The van der Waals surface area contributed by atoms with Gasteiger partial charge in [-0.15, -0.1) is 11.3 Å². The summed E-state index contributed by atoms with van der Waals surface area (Å²) in [5, 5.41) is 9.43. The number of benzene rings is 1. The summed E-state index contributed by atoms with van der Waals surface area (Å²) in [5.74, 6) is 0.992. The summed E-state index contributed by atoms with van der Waals surface area (Å²) in [7, 11) is 0. The first-order valence-corrected chi connectivity index (χ1v) is 9.18. The number of ether oxygens (including phenoxy) is 2. The van der Waals surface area contributed by atoms with Crippen molar-refractivity contribution >= 4 is 28.6 Å². The largest absolute Gasteiger partial charge is 0.454 e. The molecule has 3 aromatic heterocycles. The number of amides is 1. The van der Waals surface area contributed by atoms with Crippen LogP contribution in [0.15, 0.2) is 47.8 Å². The summed E-state index contributed by atoms with van der Waals surface area (Å²) in [6.45, 7) is 2.09. The molecule has 5 rings (SSSR count). The van der Waals surface area contributed by atoms with Crippen LogP contribution in [0.2, 0.25) is 0 Å². The van der Waals surface area contributed by atoms with Gasteiger partial charge >= 0.3 is 0 Å². The Hall–Kier alpha value is -3.39. The molecule has 134 valence electrons. The van der Waals surface area contributed by atoms with Crippen LogP contribution < -0.4 is 14.8 Å². The summed E-state index contributed by atoms with van der Waals surface area (Å²) in [5.41, 5.74) is 3.26. The third kappa shape index (κ3) is 2.80. The van der Waals surface area contributed by atoms with E-state index in [0.29, 0.717) is 28.5 Å². The highest BCUT2D eigenvalue weighted by atomic mass is 32.1. The van der Waals surface area contributed by atoms with E-state index in [9.17, 15) is 4.79 Å². The monoisotopic (exact) mass is 378 g/mol. The second kappa shape index (κ2) is 6.10. The van der Waals surface area contributed by atoms with Crippen LogP contribution in [0.3, 0.4) is 0 Å². The average Bonchev–Trinajstić information content (AvgIpc) is 3.40. The molecule has 0 saturated heterocycles. The molecule has 1 N–H and O–H groups in total. The van der Waals surface area contributed by atoms with Gasteiger partial charge in [0.1, 0.15) is 11.4 Å². The van der Waals surface area contributed by atoms with Gasteiger partial charge in [0, 0.05) is 23.5 Å². The molecule has 7 nitrogen and oxygen atoms in total. The Morgan fingerprint density at radius 1 is 1.19 bits per heavy atom. The van der Waals surface area contributed by atoms with Crippen LogP contribution in [-0.2, 0) is 0 Å². The molecule has 1 amide bonds. The summed E-state index contributed by atoms with van der Waals surface area (Å²) >= 11 is 1.61. The fraction of sp³-hybridized carbons (Fsp3) is 0.105. The first-order valence-electron chi connectivity index (χ1n) is 8.30. The van der Waals surface area contributed by atoms with Gasteiger partial charge in [-0.3, -0.25) is 4.79 Å². The van der Waals surface area contributed by atoms with E-state index in [4.69, 9.17) is 9.47 Å². The molecule has 27 heavy (non-hydrogen) atoms. The first-order chi connectivity index (χ1) is 13.2. The van der Waals surface area contributed by atoms with Gasteiger partial charge < -0.3 is 14.8 Å². The molecule has 1 aromatic carbocycles. The Bertz CT molecular complexity index is 1170. The molecule has 0 radical (unpaired) electrons. The van der Waals surface area contributed by atoms with Crippen molar-refractivity contribution in [3.05, 3.63) is 59.2 Å². The first kappa shape index (κ1) is 15.8. The van der Waals surface area contributed by atoms with Crippen molar-refractivity contribution in [1.29, 1.82) is 0 Å². The molecule has 0 bridgehead atoms. The van der Waals surface area contributed by atoms with Gasteiger partial charge in [0.15, 0.2) is 17.1 Å². The lowest BCUT2D eigenvalue weighted by atomic mass is 10.2. The zero-order chi connectivity index (χ0) is 18.4. The number of hydrogen-bond acceptors (Lipinski definition) is 6. The number of nitrogens with zero attached hydrogens (tertiary/aromatic N) is 3. The smallest absolute Gasteiger partial charge is 0.274 e. The molecule has 4 aromatic rings. The molecule has 0 unspecified atom stereocenters. The van der Waals surface area contributed by atoms with Crippen molar-refractivity contribution in [1.82, 2.24) is 14.6 Å². The van der Waals surface area contributed by atoms with Crippen molar-refractivity contribution in [3.8, 4) is 22.1 Å². The standard InChI is InChI=1S/C19H14N4O3S/c1-11-7-14(19(24)20-12-4-5-15-16(8-12)26-10-25-15)21-18-9-13(22-23(11)18)17-3-2-6-27-17/h2-9H,10H2,1H3,(H,20,24). The Morgan fingerprint density at radius 2 is 2.07 bits per heavy atom. The minimum absolute atomic E-state index is 0.192. The molecular weight excluding hydrogens is 364 g/mol. The van der Waals surface area contributed by atoms with E-state index in [1.165, 1.54) is 0 Å². The lowest BCUT2D eigenvalue weighted by molar-refractivity contribution is 0.102. The van der Waals surface area contributed by atoms with Gasteiger partial charge in [-0.1, -0.05) is 6.07 Å². The third-order valence-electron chi connectivity index (χ3n) is 4.24. The zero-order valence-corrected chi connectivity index (χ0v) is 15.1. The van der Waals surface area contributed by atoms with E-state index in [-0.39, 0.29) is 12.7 Å². The Kier molecular flexibility index (Phi) is 3.58. The van der Waals surface area contributed by atoms with Crippen LogP contribution >= 0.6 is 11.3 Å². The number of hydrogen-bond donors (Lipinski definition) is 1. The summed E-state index contributed by atoms with van der Waals surface area (Å²) < 4.78 is 12.4. The number of anilines is 1. The lowest BCUT2D eigenvalue weighted by Crippen LogP contribution is -2.15. The van der Waals surface area contributed by atoms with E-state index in [0.717, 1.165) is 16.3 Å². The predicted octanol–water partition coefficient (Wildman–Crippen LogP) is 3.75. The molecule has 0 saturated carbocycles. The molecular formula is C19H14N4O3S. The molecule has 0 aliphatic carbocycles. The fourth-order valence-corrected chi connectivity index (χ4v) is 3.64. The minimum Gasteiger partial charge on any atom is -0.454 e. The molecule has 0 atom stereocenters. The second-order valence-electron chi connectivity index (χ2n) is 6.08. The van der Waals surface area contributed by atoms with E-state index >= 15 is 0 Å². The molecule has 8 heteroatoms. The molecule has 0 spiro atoms. The second-order valence-corrected chi connectivity index (χ2v) is 7.03. The highest BCUT2D eigenvalue weighted by molar-refractivity contribution is 7.13. The minimum atomic E-state index is -0.293. The van der Waals surface area contributed by atoms with Crippen LogP contribution in [-0.4, -0.2) is 27.3 Å². The van der Waals surface area contributed by atoms with Crippen LogP contribution in [0.4, 0.5) is 5.69 Å². The normalized spacial score (nSPS) is 12.5. The maximum atomic E-state index is 12.7. The average molecular weight is 378 g/mol. The van der Waals surface area contributed by atoms with E-state index in [2.05, 4.69) is 15.4 Å². The summed E-state index contributed by atoms with van der Waals surface area (Å²) in [4.78, 5) is 18.2. The van der Waals surface area contributed by atoms with E-state index in [1.54, 1.807) is 40.1 Å². The van der Waals surface area contributed by atoms with Gasteiger partial charge in [-0.25, -0.2) is 9.50 Å². The zero-order valence-electron chi connectivity index (χ0n) is 14.3. The highest BCUT2D eigenvalue weighted by Gasteiger charge is 2.17. The van der Waals surface area contributed by atoms with Crippen molar-refractivity contribution in [2.45, 2.75) is 6.92 Å². The molecule has 4 heterocycles. The molecule has 1 aliphatic rings. The Labute approximate surface area is 158 Å². The number of rotatable bonds is 3. The number of carbonyl (C=O) groups excluding carboxylic acids is 1. The number of aryl methyl sites for hydroxylation is 1. The summed E-state index contributed by atoms with van der Waals surface area (Å²) in [6.07, 6.45) is 0. The topological polar surface area (TPSA) is 77.8 Å². The lowest BCUT2D eigenvalue weighted by Gasteiger charge is -2.07. The molecule has 0 fully saturated rings. The van der Waals surface area contributed by atoms with Crippen LogP contribution in [0.1, 0.15) is 16.2 Å². The predicted molar refractivity (Wildman–Crippen MR) is 102 cm³/mol. The van der Waals surface area contributed by atoms with E-state index in [1.807, 2.05) is 30.5 Å². The Morgan fingerprint density at radius 3 is 2.93 bits per heavy atom. The number of nitrogens with one attached hydrogen (secondary N) is 1. The van der Waals surface area contributed by atoms with Gasteiger partial charge in [0.05, 0.1) is 4.88 Å². The number of carbonyl (C=O) groups is 1. The number of fused-ring (bicyclic) bond motifs is 2. The maximum absolute atomic E-state index is 12.7. The van der Waals surface area contributed by atoms with Gasteiger partial charge in [-0.05, 0) is 36.6 Å². The van der Waals surface area contributed by atoms with Gasteiger partial charge in [-0.2, -0.15) is 5.10 Å². The van der Waals surface area contributed by atoms with Crippen LogP contribution in [0.25, 0.3) is 16.2 Å². The van der Waals surface area contributed by atoms with Crippen molar-refractivity contribution in [2.24, 2.45) is 0 Å². The Balaban J connectivity index is 1.46. The van der Waals surface area contributed by atoms with Gasteiger partial charge in [0.25, 0.3) is 5.91 Å². The van der Waals surface area contributed by atoms with Crippen molar-refractivity contribution in [3.63, 3.8) is 0 Å². The van der Waals surface area contributed by atoms with Crippen LogP contribution in [0.5, 0.6) is 11.5 Å². The van der Waals surface area contributed by atoms with Crippen molar-refractivity contribution < 1.29 is 14.3 Å². The van der Waals surface area contributed by atoms with E-state index < -0.39 is 0 Å². The third-order valence-corrected chi connectivity index (χ3v) is 5.13. The quantitative estimate of drug-likeness (QED) is 0.587. The maximum Gasteiger partial charge on any atom is 0.274 e. The number of thiophene rings is 1. The van der Waals surface area contributed by atoms with Gasteiger partial charge in [0.2, 0.25) is 6.79 Å². The molecule has 1 aliphatic heterocycles.